The van der Waals surface area contributed by atoms with E-state index in [2.05, 4.69) is 10.2 Å². The largest absolute Gasteiger partial charge is 0.396 e. The number of hydrogen-bond donors (Lipinski definition) is 3. The minimum Gasteiger partial charge on any atom is -0.396 e. The molecule has 3 N–H and O–H groups in total. The van der Waals surface area contributed by atoms with Gasteiger partial charge < -0.3 is 20.4 Å². The maximum atomic E-state index is 8.81. The Morgan fingerprint density at radius 2 is 1.62 bits per heavy atom. The Hall–Kier alpha value is -0.160. The van der Waals surface area contributed by atoms with Gasteiger partial charge >= 0.3 is 0 Å². The fourth-order valence-corrected chi connectivity index (χ4v) is 1.96. The lowest BCUT2D eigenvalue weighted by atomic mass is 9.93. The summed E-state index contributed by atoms with van der Waals surface area (Å²) in [6.45, 7) is 4.43. The van der Waals surface area contributed by atoms with Gasteiger partial charge in [-0.25, -0.2) is 0 Å². The average Bonchev–Trinajstić information content (AvgIpc) is 2.24. The van der Waals surface area contributed by atoms with E-state index in [4.69, 9.17) is 10.2 Å². The van der Waals surface area contributed by atoms with Crippen LogP contribution in [0.4, 0.5) is 0 Å². The molecule has 16 heavy (non-hydrogen) atoms. The summed E-state index contributed by atoms with van der Waals surface area (Å²) in [7, 11) is 0. The average molecular weight is 230 g/mol. The van der Waals surface area contributed by atoms with Gasteiger partial charge in [-0.2, -0.15) is 0 Å². The third-order valence-electron chi connectivity index (χ3n) is 3.23. The molecule has 0 radical (unpaired) electrons. The van der Waals surface area contributed by atoms with Crippen LogP contribution in [0.1, 0.15) is 32.1 Å². The van der Waals surface area contributed by atoms with Crippen LogP contribution in [-0.2, 0) is 0 Å². The molecular weight excluding hydrogens is 204 g/mol. The number of aliphatic hydroxyl groups is 2. The SMILES string of the molecule is OCCCN(CCCO)CCNC1CCC1. The third kappa shape index (κ3) is 5.80. The molecule has 1 fully saturated rings. The van der Waals surface area contributed by atoms with E-state index in [9.17, 15) is 0 Å². The maximum absolute atomic E-state index is 8.81. The van der Waals surface area contributed by atoms with Crippen LogP contribution in [0, 0.1) is 0 Å². The minimum atomic E-state index is 0.256. The van der Waals surface area contributed by atoms with Crippen molar-refractivity contribution in [3.8, 4) is 0 Å². The molecule has 96 valence electrons. The summed E-state index contributed by atoms with van der Waals surface area (Å²) in [6, 6.07) is 0.748. The first kappa shape index (κ1) is 13.9. The first-order valence-corrected chi connectivity index (χ1v) is 6.54. The zero-order chi connectivity index (χ0) is 11.6. The smallest absolute Gasteiger partial charge is 0.0443 e. The highest BCUT2D eigenvalue weighted by Crippen LogP contribution is 2.17. The van der Waals surface area contributed by atoms with Gasteiger partial charge in [-0.3, -0.25) is 0 Å². The van der Waals surface area contributed by atoms with Crippen molar-refractivity contribution in [2.45, 2.75) is 38.1 Å². The Morgan fingerprint density at radius 3 is 2.06 bits per heavy atom. The third-order valence-corrected chi connectivity index (χ3v) is 3.23. The van der Waals surface area contributed by atoms with Crippen molar-refractivity contribution in [3.63, 3.8) is 0 Å². The van der Waals surface area contributed by atoms with E-state index in [0.29, 0.717) is 0 Å². The summed E-state index contributed by atoms with van der Waals surface area (Å²) in [6.07, 6.45) is 5.68. The molecule has 1 rings (SSSR count). The summed E-state index contributed by atoms with van der Waals surface area (Å²) in [5.41, 5.74) is 0. The van der Waals surface area contributed by atoms with Crippen molar-refractivity contribution in [2.24, 2.45) is 0 Å². The summed E-state index contributed by atoms with van der Waals surface area (Å²) < 4.78 is 0. The van der Waals surface area contributed by atoms with Crippen LogP contribution in [0.15, 0.2) is 0 Å². The van der Waals surface area contributed by atoms with Crippen LogP contribution in [-0.4, -0.2) is 60.5 Å². The number of hydrogen-bond acceptors (Lipinski definition) is 4. The maximum Gasteiger partial charge on any atom is 0.0443 e. The van der Waals surface area contributed by atoms with Crippen LogP contribution in [0.3, 0.4) is 0 Å². The van der Waals surface area contributed by atoms with Gasteiger partial charge in [-0.1, -0.05) is 6.42 Å². The molecule has 0 heterocycles. The van der Waals surface area contributed by atoms with Crippen molar-refractivity contribution in [1.29, 1.82) is 0 Å². The molecule has 0 amide bonds. The number of rotatable bonds is 10. The van der Waals surface area contributed by atoms with Gasteiger partial charge in [0.15, 0.2) is 0 Å². The van der Waals surface area contributed by atoms with Gasteiger partial charge in [0, 0.05) is 45.4 Å². The summed E-state index contributed by atoms with van der Waals surface area (Å²) >= 11 is 0. The molecule has 1 aliphatic carbocycles. The van der Waals surface area contributed by atoms with Crippen molar-refractivity contribution in [3.05, 3.63) is 0 Å². The van der Waals surface area contributed by atoms with E-state index in [0.717, 1.165) is 45.1 Å². The molecule has 0 unspecified atom stereocenters. The van der Waals surface area contributed by atoms with Crippen molar-refractivity contribution in [1.82, 2.24) is 10.2 Å². The van der Waals surface area contributed by atoms with Crippen LogP contribution in [0.25, 0.3) is 0 Å². The second-order valence-electron chi connectivity index (χ2n) is 4.58. The van der Waals surface area contributed by atoms with E-state index >= 15 is 0 Å². The molecule has 0 spiro atoms. The van der Waals surface area contributed by atoms with Crippen LogP contribution >= 0.6 is 0 Å². The lowest BCUT2D eigenvalue weighted by Crippen LogP contribution is -2.41. The Morgan fingerprint density at radius 1 is 1.00 bits per heavy atom. The van der Waals surface area contributed by atoms with E-state index in [1.54, 1.807) is 0 Å². The van der Waals surface area contributed by atoms with Crippen LogP contribution in [0.2, 0.25) is 0 Å². The highest BCUT2D eigenvalue weighted by Gasteiger charge is 2.16. The Labute approximate surface area is 98.6 Å². The Balaban J connectivity index is 2.04. The molecule has 4 heteroatoms. The predicted molar refractivity (Wildman–Crippen MR) is 65.5 cm³/mol. The second-order valence-corrected chi connectivity index (χ2v) is 4.58. The topological polar surface area (TPSA) is 55.7 Å². The van der Waals surface area contributed by atoms with Gasteiger partial charge in [-0.15, -0.1) is 0 Å². The molecule has 0 aliphatic heterocycles. The number of aliphatic hydroxyl groups excluding tert-OH is 2. The van der Waals surface area contributed by atoms with Gasteiger partial charge in [-0.05, 0) is 25.7 Å². The van der Waals surface area contributed by atoms with Gasteiger partial charge in [0.05, 0.1) is 0 Å². The molecule has 0 saturated heterocycles. The summed E-state index contributed by atoms with van der Waals surface area (Å²) in [4.78, 5) is 2.32. The molecule has 0 atom stereocenters. The molecule has 0 aromatic carbocycles. The zero-order valence-electron chi connectivity index (χ0n) is 10.2. The fourth-order valence-electron chi connectivity index (χ4n) is 1.96. The number of nitrogens with one attached hydrogen (secondary N) is 1. The minimum absolute atomic E-state index is 0.256. The van der Waals surface area contributed by atoms with Crippen molar-refractivity contribution < 1.29 is 10.2 Å². The highest BCUT2D eigenvalue weighted by atomic mass is 16.3. The Bertz CT molecular complexity index is 155. The van der Waals surface area contributed by atoms with Crippen LogP contribution in [0.5, 0.6) is 0 Å². The monoisotopic (exact) mass is 230 g/mol. The molecule has 0 bridgehead atoms. The van der Waals surface area contributed by atoms with Gasteiger partial charge in [0.2, 0.25) is 0 Å². The summed E-state index contributed by atoms with van der Waals surface area (Å²) in [5, 5.41) is 21.2. The van der Waals surface area contributed by atoms with Gasteiger partial charge in [0.1, 0.15) is 0 Å². The van der Waals surface area contributed by atoms with Crippen molar-refractivity contribution >= 4 is 0 Å². The van der Waals surface area contributed by atoms with E-state index in [-0.39, 0.29) is 13.2 Å². The fraction of sp³-hybridized carbons (Fsp3) is 1.00. The normalized spacial score (nSPS) is 16.7. The number of nitrogens with zero attached hydrogens (tertiary/aromatic N) is 1. The molecule has 1 saturated carbocycles. The molecule has 4 nitrogen and oxygen atoms in total. The Kier molecular flexibility index (Phi) is 7.76. The summed E-state index contributed by atoms with van der Waals surface area (Å²) in [5.74, 6) is 0. The standard InChI is InChI=1S/C12H26N2O2/c15-10-2-7-14(8-3-11-16)9-6-13-12-4-1-5-12/h12-13,15-16H,1-11H2. The molecule has 0 aromatic heterocycles. The van der Waals surface area contributed by atoms with Crippen LogP contribution < -0.4 is 5.32 Å². The van der Waals surface area contributed by atoms with E-state index < -0.39 is 0 Å². The first-order chi connectivity index (χ1) is 7.86. The lowest BCUT2D eigenvalue weighted by Gasteiger charge is -2.28. The second kappa shape index (κ2) is 8.93. The lowest BCUT2D eigenvalue weighted by molar-refractivity contribution is 0.197. The zero-order valence-corrected chi connectivity index (χ0v) is 10.2. The van der Waals surface area contributed by atoms with Gasteiger partial charge in [0.25, 0.3) is 0 Å². The highest BCUT2D eigenvalue weighted by molar-refractivity contribution is 4.76. The predicted octanol–water partition coefficient (Wildman–Crippen LogP) is 0.195. The van der Waals surface area contributed by atoms with Crippen molar-refractivity contribution in [2.75, 3.05) is 39.4 Å². The molecular formula is C12H26N2O2. The molecule has 0 aromatic rings. The molecule has 1 aliphatic rings. The first-order valence-electron chi connectivity index (χ1n) is 6.54. The van der Waals surface area contributed by atoms with E-state index in [1.807, 2.05) is 0 Å². The quantitative estimate of drug-likeness (QED) is 0.502. The van der Waals surface area contributed by atoms with E-state index in [1.165, 1.54) is 19.3 Å².